The molecule has 0 aliphatic carbocycles. The minimum absolute atomic E-state index is 0.285. The van der Waals surface area contributed by atoms with Crippen LogP contribution in [0.2, 0.25) is 0 Å². The maximum atomic E-state index is 11.9. The van der Waals surface area contributed by atoms with Crippen molar-refractivity contribution in [3.05, 3.63) is 29.1 Å². The molecular formula is C15H18N2O3S. The number of ether oxygens (including phenoxy) is 1. The van der Waals surface area contributed by atoms with Crippen LogP contribution in [0.5, 0.6) is 0 Å². The zero-order valence-corrected chi connectivity index (χ0v) is 13.0. The van der Waals surface area contributed by atoms with Crippen molar-refractivity contribution in [2.45, 2.75) is 26.3 Å². The predicted molar refractivity (Wildman–Crippen MR) is 84.4 cm³/mol. The highest BCUT2D eigenvalue weighted by atomic mass is 32.1. The summed E-state index contributed by atoms with van der Waals surface area (Å²) in [6, 6.07) is 7.17. The number of rotatable bonds is 3. The summed E-state index contributed by atoms with van der Waals surface area (Å²) in [7, 11) is 0. The summed E-state index contributed by atoms with van der Waals surface area (Å²) in [5.74, 6) is -0.819. The number of benzene rings is 1. The standard InChI is InChI=1S/C15H18N2O3S/c1-15(2,3)17-13(18)8-20-14(19)12-7-9-6-10(16)4-5-11(9)21-12/h4-7H,8,16H2,1-3H3,(H,17,18). The second kappa shape index (κ2) is 5.73. The zero-order valence-electron chi connectivity index (χ0n) is 12.2. The van der Waals surface area contributed by atoms with E-state index in [4.69, 9.17) is 10.5 Å². The van der Waals surface area contributed by atoms with Crippen molar-refractivity contribution in [2.24, 2.45) is 0 Å². The number of thiophene rings is 1. The van der Waals surface area contributed by atoms with Crippen LogP contribution in [0.4, 0.5) is 5.69 Å². The lowest BCUT2D eigenvalue weighted by molar-refractivity contribution is -0.125. The summed E-state index contributed by atoms with van der Waals surface area (Å²) < 4.78 is 5.98. The van der Waals surface area contributed by atoms with Gasteiger partial charge in [-0.3, -0.25) is 4.79 Å². The Labute approximate surface area is 127 Å². The highest BCUT2D eigenvalue weighted by molar-refractivity contribution is 7.20. The lowest BCUT2D eigenvalue weighted by Crippen LogP contribution is -2.42. The number of esters is 1. The first-order chi connectivity index (χ1) is 9.74. The van der Waals surface area contributed by atoms with Gasteiger partial charge < -0.3 is 15.8 Å². The molecule has 0 atom stereocenters. The highest BCUT2D eigenvalue weighted by Gasteiger charge is 2.17. The number of hydrogen-bond acceptors (Lipinski definition) is 5. The number of fused-ring (bicyclic) bond motifs is 1. The van der Waals surface area contributed by atoms with Crippen LogP contribution < -0.4 is 11.1 Å². The maximum absolute atomic E-state index is 11.9. The predicted octanol–water partition coefficient (Wildman–Crippen LogP) is 2.56. The summed E-state index contributed by atoms with van der Waals surface area (Å²) in [6.45, 7) is 5.31. The fourth-order valence-electron chi connectivity index (χ4n) is 1.82. The number of amides is 1. The Morgan fingerprint density at radius 2 is 2.00 bits per heavy atom. The zero-order chi connectivity index (χ0) is 15.6. The molecule has 112 valence electrons. The van der Waals surface area contributed by atoms with Crippen molar-refractivity contribution >= 4 is 39.0 Å². The van der Waals surface area contributed by atoms with Gasteiger partial charge in [0, 0.05) is 15.9 Å². The molecule has 0 saturated heterocycles. The third-order valence-electron chi connectivity index (χ3n) is 2.59. The van der Waals surface area contributed by atoms with Gasteiger partial charge in [0.1, 0.15) is 4.88 Å². The molecule has 1 aromatic heterocycles. The van der Waals surface area contributed by atoms with E-state index >= 15 is 0 Å². The Kier molecular flexibility index (Phi) is 4.18. The van der Waals surface area contributed by atoms with E-state index in [0.717, 1.165) is 10.1 Å². The number of anilines is 1. The normalized spacial score (nSPS) is 11.4. The van der Waals surface area contributed by atoms with Crippen molar-refractivity contribution in [2.75, 3.05) is 12.3 Å². The molecule has 0 spiro atoms. The second-order valence-corrected chi connectivity index (χ2v) is 6.87. The molecule has 2 aromatic rings. The summed E-state index contributed by atoms with van der Waals surface area (Å²) in [5, 5.41) is 3.63. The van der Waals surface area contributed by atoms with E-state index in [9.17, 15) is 9.59 Å². The van der Waals surface area contributed by atoms with Gasteiger partial charge in [0.25, 0.3) is 5.91 Å². The van der Waals surface area contributed by atoms with Gasteiger partial charge in [0.05, 0.1) is 0 Å². The van der Waals surface area contributed by atoms with Crippen molar-refractivity contribution in [1.29, 1.82) is 0 Å². The fraction of sp³-hybridized carbons (Fsp3) is 0.333. The second-order valence-electron chi connectivity index (χ2n) is 5.78. The van der Waals surface area contributed by atoms with E-state index < -0.39 is 5.97 Å². The Hall–Kier alpha value is -2.08. The lowest BCUT2D eigenvalue weighted by Gasteiger charge is -2.20. The molecule has 6 heteroatoms. The number of carbonyl (C=O) groups is 2. The Balaban J connectivity index is 2.01. The van der Waals surface area contributed by atoms with E-state index in [1.807, 2.05) is 26.8 Å². The summed E-state index contributed by atoms with van der Waals surface area (Å²) in [6.07, 6.45) is 0. The minimum atomic E-state index is -0.501. The summed E-state index contributed by atoms with van der Waals surface area (Å²) >= 11 is 1.32. The molecule has 0 radical (unpaired) electrons. The smallest absolute Gasteiger partial charge is 0.348 e. The van der Waals surface area contributed by atoms with Gasteiger partial charge in [-0.25, -0.2) is 4.79 Å². The van der Waals surface area contributed by atoms with Crippen LogP contribution in [-0.4, -0.2) is 24.0 Å². The largest absolute Gasteiger partial charge is 0.451 e. The molecular weight excluding hydrogens is 288 g/mol. The molecule has 0 aliphatic heterocycles. The number of hydrogen-bond donors (Lipinski definition) is 2. The Morgan fingerprint density at radius 3 is 2.67 bits per heavy atom. The number of carbonyl (C=O) groups excluding carboxylic acids is 2. The van der Waals surface area contributed by atoms with Crippen LogP contribution in [0.1, 0.15) is 30.4 Å². The molecule has 0 bridgehead atoms. The molecule has 2 rings (SSSR count). The van der Waals surface area contributed by atoms with E-state index in [1.54, 1.807) is 18.2 Å². The first kappa shape index (κ1) is 15.3. The van der Waals surface area contributed by atoms with Crippen LogP contribution in [0.15, 0.2) is 24.3 Å². The van der Waals surface area contributed by atoms with Crippen LogP contribution in [0.25, 0.3) is 10.1 Å². The molecule has 1 amide bonds. The first-order valence-electron chi connectivity index (χ1n) is 6.52. The van der Waals surface area contributed by atoms with Crippen molar-refractivity contribution < 1.29 is 14.3 Å². The molecule has 5 nitrogen and oxygen atoms in total. The minimum Gasteiger partial charge on any atom is -0.451 e. The van der Waals surface area contributed by atoms with Gasteiger partial charge in [-0.1, -0.05) is 0 Å². The quantitative estimate of drug-likeness (QED) is 0.674. The molecule has 0 saturated carbocycles. The van der Waals surface area contributed by atoms with Gasteiger partial charge in [0.15, 0.2) is 6.61 Å². The highest BCUT2D eigenvalue weighted by Crippen LogP contribution is 2.27. The maximum Gasteiger partial charge on any atom is 0.348 e. The monoisotopic (exact) mass is 306 g/mol. The summed E-state index contributed by atoms with van der Waals surface area (Å²) in [5.41, 5.74) is 6.00. The van der Waals surface area contributed by atoms with Crippen LogP contribution in [-0.2, 0) is 9.53 Å². The average molecular weight is 306 g/mol. The van der Waals surface area contributed by atoms with E-state index in [2.05, 4.69) is 5.32 Å². The molecule has 1 heterocycles. The van der Waals surface area contributed by atoms with Crippen LogP contribution in [0, 0.1) is 0 Å². The van der Waals surface area contributed by atoms with E-state index in [0.29, 0.717) is 10.6 Å². The van der Waals surface area contributed by atoms with Crippen molar-refractivity contribution in [1.82, 2.24) is 5.32 Å². The number of nitrogen functional groups attached to an aromatic ring is 1. The molecule has 1 aromatic carbocycles. The Morgan fingerprint density at radius 1 is 1.29 bits per heavy atom. The molecule has 0 fully saturated rings. The molecule has 0 unspecified atom stereocenters. The third-order valence-corrected chi connectivity index (χ3v) is 3.69. The first-order valence-corrected chi connectivity index (χ1v) is 7.33. The fourth-order valence-corrected chi connectivity index (χ4v) is 2.76. The number of nitrogens with one attached hydrogen (secondary N) is 1. The van der Waals surface area contributed by atoms with E-state index in [-0.39, 0.29) is 18.1 Å². The number of nitrogens with two attached hydrogens (primary N) is 1. The van der Waals surface area contributed by atoms with E-state index in [1.165, 1.54) is 11.3 Å². The van der Waals surface area contributed by atoms with Gasteiger partial charge in [-0.2, -0.15) is 0 Å². The van der Waals surface area contributed by atoms with Crippen molar-refractivity contribution in [3.63, 3.8) is 0 Å². The SMILES string of the molecule is CC(C)(C)NC(=O)COC(=O)c1cc2cc(N)ccc2s1. The van der Waals surface area contributed by atoms with Crippen LogP contribution in [0.3, 0.4) is 0 Å². The molecule has 3 N–H and O–H groups in total. The Bertz CT molecular complexity index is 686. The van der Waals surface area contributed by atoms with Gasteiger partial charge in [-0.15, -0.1) is 11.3 Å². The van der Waals surface area contributed by atoms with Gasteiger partial charge >= 0.3 is 5.97 Å². The van der Waals surface area contributed by atoms with Gasteiger partial charge in [-0.05, 0) is 50.4 Å². The van der Waals surface area contributed by atoms with Crippen molar-refractivity contribution in [3.8, 4) is 0 Å². The molecule has 21 heavy (non-hydrogen) atoms. The summed E-state index contributed by atoms with van der Waals surface area (Å²) in [4.78, 5) is 24.0. The molecule has 0 aliphatic rings. The lowest BCUT2D eigenvalue weighted by atomic mass is 10.1. The third kappa shape index (κ3) is 4.19. The topological polar surface area (TPSA) is 81.4 Å². The average Bonchev–Trinajstić information content (AvgIpc) is 2.76. The van der Waals surface area contributed by atoms with Gasteiger partial charge in [0.2, 0.25) is 0 Å². The van der Waals surface area contributed by atoms with Crippen LogP contribution >= 0.6 is 11.3 Å².